The monoisotopic (exact) mass is 582 g/mol. The topological polar surface area (TPSA) is 126 Å². The normalized spacial score (nSPS) is 18.2. The fourth-order valence-electron chi connectivity index (χ4n) is 4.83. The van der Waals surface area contributed by atoms with E-state index in [1.54, 1.807) is 31.9 Å². The number of nitrogens with zero attached hydrogens (tertiary/aromatic N) is 4. The van der Waals surface area contributed by atoms with Gasteiger partial charge in [0.05, 0.1) is 28.9 Å². The number of aryl methyl sites for hydroxylation is 1. The number of carbonyl (C=O) groups is 1. The van der Waals surface area contributed by atoms with Crippen molar-refractivity contribution < 1.29 is 22.0 Å². The van der Waals surface area contributed by atoms with Crippen molar-refractivity contribution >= 4 is 50.1 Å². The molecule has 2 atom stereocenters. The second-order valence-electron chi connectivity index (χ2n) is 9.98. The minimum atomic E-state index is -3.86. The molecule has 1 amide bonds. The minimum Gasteiger partial charge on any atom is -0.377 e. The molecule has 1 aliphatic rings. The van der Waals surface area contributed by atoms with Crippen molar-refractivity contribution in [1.29, 1.82) is 0 Å². The Morgan fingerprint density at radius 3 is 2.59 bits per heavy atom. The summed E-state index contributed by atoms with van der Waals surface area (Å²) in [5, 5.41) is 3.50. The molecule has 14 heteroatoms. The van der Waals surface area contributed by atoms with Crippen LogP contribution in [-0.2, 0) is 17.1 Å². The number of hydrogen-bond acceptors (Lipinski definition) is 8. The lowest BCUT2D eigenvalue weighted by molar-refractivity contribution is -0.0322. The average molecular weight is 583 g/mol. The van der Waals surface area contributed by atoms with Crippen LogP contribution in [0.3, 0.4) is 0 Å². The number of sulfonamides is 1. The van der Waals surface area contributed by atoms with Gasteiger partial charge >= 0.3 is 0 Å². The lowest BCUT2D eigenvalue weighted by Crippen LogP contribution is -2.47. The van der Waals surface area contributed by atoms with Crippen LogP contribution in [0.25, 0.3) is 10.9 Å². The van der Waals surface area contributed by atoms with Gasteiger partial charge in [-0.25, -0.2) is 31.9 Å². The molecular weight excluding hydrogens is 554 g/mol. The first-order chi connectivity index (χ1) is 18.1. The summed E-state index contributed by atoms with van der Waals surface area (Å²) in [7, 11) is -2.29. The van der Waals surface area contributed by atoms with Crippen LogP contribution in [0.1, 0.15) is 54.3 Å². The van der Waals surface area contributed by atoms with Crippen LogP contribution in [0.4, 0.5) is 20.4 Å². The zero-order chi connectivity index (χ0) is 28.9. The number of fused-ring (bicyclic) bond motifs is 1. The van der Waals surface area contributed by atoms with Crippen LogP contribution in [0.2, 0.25) is 5.15 Å². The van der Waals surface area contributed by atoms with E-state index in [2.05, 4.69) is 10.3 Å². The van der Waals surface area contributed by atoms with Gasteiger partial charge in [-0.3, -0.25) is 14.2 Å². The van der Waals surface area contributed by atoms with E-state index in [1.165, 1.54) is 16.7 Å². The lowest BCUT2D eigenvalue weighted by Gasteiger charge is -2.38. The van der Waals surface area contributed by atoms with Crippen LogP contribution in [-0.4, -0.2) is 53.6 Å². The van der Waals surface area contributed by atoms with Crippen molar-refractivity contribution in [1.82, 2.24) is 19.3 Å². The molecule has 2 aromatic heterocycles. The standard InChI is InChI=1S/C25H29ClF2N6O4S/c1-13-10-16(15(3)29-18-6-7-19(26)30-21(18)22(35)32-39(5,37)38)20-17(11-13)23(36)33(4)24(31-20)34-9-8-25(27,28)12-14(34)2/h6-7,10-11,14-15,29H,8-9,12H2,1-5H3,(H,32,35)/t14-,15-/m1/s1. The van der Waals surface area contributed by atoms with E-state index in [0.29, 0.717) is 16.5 Å². The summed E-state index contributed by atoms with van der Waals surface area (Å²) in [6.07, 6.45) is 0.158. The van der Waals surface area contributed by atoms with Crippen LogP contribution in [0.15, 0.2) is 29.1 Å². The van der Waals surface area contributed by atoms with Crippen LogP contribution >= 0.6 is 11.6 Å². The fraction of sp³-hybridized carbons (Fsp3) is 0.440. The zero-order valence-corrected chi connectivity index (χ0v) is 23.6. The van der Waals surface area contributed by atoms with Gasteiger partial charge in [0.25, 0.3) is 17.4 Å². The van der Waals surface area contributed by atoms with E-state index < -0.39 is 33.9 Å². The van der Waals surface area contributed by atoms with E-state index in [9.17, 15) is 26.8 Å². The third-order valence-corrected chi connectivity index (χ3v) is 7.39. The van der Waals surface area contributed by atoms with E-state index in [4.69, 9.17) is 16.6 Å². The lowest BCUT2D eigenvalue weighted by atomic mass is 9.99. The van der Waals surface area contributed by atoms with Crippen molar-refractivity contribution in [3.8, 4) is 0 Å². The SMILES string of the molecule is Cc1cc([C@@H](C)Nc2ccc(Cl)nc2C(=O)NS(C)(=O)=O)c2nc(N3CCC(F)(F)C[C@H]3C)n(C)c(=O)c2c1. The van der Waals surface area contributed by atoms with Gasteiger partial charge in [-0.1, -0.05) is 17.7 Å². The molecule has 3 aromatic rings. The molecular formula is C25H29ClF2N6O4S. The third kappa shape index (κ3) is 6.14. The molecule has 1 fully saturated rings. The van der Waals surface area contributed by atoms with E-state index in [1.807, 2.05) is 17.7 Å². The Bertz CT molecular complexity index is 1630. The van der Waals surface area contributed by atoms with Crippen molar-refractivity contribution in [2.45, 2.75) is 51.6 Å². The maximum atomic E-state index is 14.0. The highest BCUT2D eigenvalue weighted by Crippen LogP contribution is 2.35. The number of halogens is 3. The third-order valence-electron chi connectivity index (χ3n) is 6.62. The van der Waals surface area contributed by atoms with Gasteiger partial charge in [-0.2, -0.15) is 0 Å². The highest BCUT2D eigenvalue weighted by Gasteiger charge is 2.39. The van der Waals surface area contributed by atoms with Gasteiger partial charge in [0, 0.05) is 38.0 Å². The molecule has 0 saturated carbocycles. The van der Waals surface area contributed by atoms with Crippen molar-refractivity contribution in [3.05, 3.63) is 56.6 Å². The maximum absolute atomic E-state index is 14.0. The molecule has 0 spiro atoms. The summed E-state index contributed by atoms with van der Waals surface area (Å²) in [6, 6.07) is 5.41. The fourth-order valence-corrected chi connectivity index (χ4v) is 5.41. The van der Waals surface area contributed by atoms with E-state index in [-0.39, 0.29) is 47.4 Å². The predicted molar refractivity (Wildman–Crippen MR) is 146 cm³/mol. The summed E-state index contributed by atoms with van der Waals surface area (Å²) in [5.41, 5.74) is 1.43. The molecule has 0 aliphatic carbocycles. The number of rotatable bonds is 6. The molecule has 0 bridgehead atoms. The van der Waals surface area contributed by atoms with Gasteiger partial charge in [-0.15, -0.1) is 0 Å². The number of anilines is 2. The first-order valence-corrected chi connectivity index (χ1v) is 14.4. The number of amides is 1. The Kier molecular flexibility index (Phi) is 7.60. The largest absolute Gasteiger partial charge is 0.377 e. The molecule has 1 saturated heterocycles. The summed E-state index contributed by atoms with van der Waals surface area (Å²) < 4.78 is 54.5. The second kappa shape index (κ2) is 10.3. The molecule has 1 aromatic carbocycles. The zero-order valence-electron chi connectivity index (χ0n) is 22.0. The van der Waals surface area contributed by atoms with Crippen molar-refractivity contribution in [3.63, 3.8) is 0 Å². The highest BCUT2D eigenvalue weighted by molar-refractivity contribution is 7.89. The van der Waals surface area contributed by atoms with Gasteiger partial charge in [0.2, 0.25) is 16.0 Å². The van der Waals surface area contributed by atoms with Gasteiger partial charge < -0.3 is 10.2 Å². The molecule has 2 N–H and O–H groups in total. The quantitative estimate of drug-likeness (QED) is 0.421. The highest BCUT2D eigenvalue weighted by atomic mass is 35.5. The number of aromatic nitrogens is 3. The number of piperidine rings is 1. The van der Waals surface area contributed by atoms with Crippen LogP contribution in [0, 0.1) is 6.92 Å². The summed E-state index contributed by atoms with van der Waals surface area (Å²) >= 11 is 5.97. The van der Waals surface area contributed by atoms with Gasteiger partial charge in [0.1, 0.15) is 5.15 Å². The second-order valence-corrected chi connectivity index (χ2v) is 12.1. The number of nitrogens with one attached hydrogen (secondary N) is 2. The smallest absolute Gasteiger partial charge is 0.285 e. The molecule has 3 heterocycles. The van der Waals surface area contributed by atoms with E-state index >= 15 is 0 Å². The molecule has 0 unspecified atom stereocenters. The molecule has 1 aliphatic heterocycles. The summed E-state index contributed by atoms with van der Waals surface area (Å²) in [6.45, 7) is 5.33. The predicted octanol–water partition coefficient (Wildman–Crippen LogP) is 3.78. The molecule has 4 rings (SSSR count). The number of benzene rings is 1. The Labute approximate surface area is 229 Å². The Hall–Kier alpha value is -3.32. The Balaban J connectivity index is 1.79. The summed E-state index contributed by atoms with van der Waals surface area (Å²) in [4.78, 5) is 36.6. The first kappa shape index (κ1) is 28.7. The van der Waals surface area contributed by atoms with Crippen molar-refractivity contribution in [2.75, 3.05) is 23.0 Å². The first-order valence-electron chi connectivity index (χ1n) is 12.2. The molecule has 10 nitrogen and oxygen atoms in total. The molecule has 210 valence electrons. The number of alkyl halides is 2. The molecule has 39 heavy (non-hydrogen) atoms. The summed E-state index contributed by atoms with van der Waals surface area (Å²) in [5.74, 6) is -3.46. The van der Waals surface area contributed by atoms with Gasteiger partial charge in [0.15, 0.2) is 5.69 Å². The number of pyridine rings is 1. The van der Waals surface area contributed by atoms with E-state index in [0.717, 1.165) is 11.8 Å². The number of hydrogen-bond donors (Lipinski definition) is 2. The van der Waals surface area contributed by atoms with Crippen molar-refractivity contribution in [2.24, 2.45) is 7.05 Å². The minimum absolute atomic E-state index is 0.0103. The van der Waals surface area contributed by atoms with Crippen LogP contribution < -0.4 is 20.5 Å². The Morgan fingerprint density at radius 2 is 1.95 bits per heavy atom. The van der Waals surface area contributed by atoms with Crippen LogP contribution in [0.5, 0.6) is 0 Å². The number of carbonyl (C=O) groups excluding carboxylic acids is 1. The maximum Gasteiger partial charge on any atom is 0.285 e. The molecule has 0 radical (unpaired) electrons. The van der Waals surface area contributed by atoms with Gasteiger partial charge in [-0.05, 0) is 44.5 Å². The average Bonchev–Trinajstić information content (AvgIpc) is 2.81. The Morgan fingerprint density at radius 1 is 1.26 bits per heavy atom.